The van der Waals surface area contributed by atoms with Gasteiger partial charge in [-0.15, -0.1) is 0 Å². The van der Waals surface area contributed by atoms with Gasteiger partial charge in [-0.05, 0) is 19.1 Å². The number of carbonyl (C=O) groups is 3. The highest BCUT2D eigenvalue weighted by atomic mass is 16.5. The molecule has 0 unspecified atom stereocenters. The van der Waals surface area contributed by atoms with Gasteiger partial charge in [-0.25, -0.2) is 0 Å². The number of hydrogen-bond donors (Lipinski definition) is 1. The third-order valence-electron chi connectivity index (χ3n) is 2.43. The Balaban J connectivity index is 1.94. The van der Waals surface area contributed by atoms with Crippen LogP contribution in [-0.4, -0.2) is 27.6 Å². The van der Waals surface area contributed by atoms with E-state index in [1.807, 2.05) is 0 Å². The molecule has 0 atom stereocenters. The largest absolute Gasteiger partial charge is 0.360 e. The molecule has 0 aliphatic carbocycles. The maximum atomic E-state index is 11.7. The highest BCUT2D eigenvalue weighted by molar-refractivity contribution is 6.43. The van der Waals surface area contributed by atoms with Gasteiger partial charge in [0.25, 0.3) is 5.91 Å². The van der Waals surface area contributed by atoms with E-state index in [-0.39, 0.29) is 11.4 Å². The lowest BCUT2D eigenvalue weighted by Gasteiger charge is -2.00. The molecule has 7 heteroatoms. The number of aromatic nitrogens is 2. The Morgan fingerprint density at radius 3 is 2.75 bits per heavy atom. The van der Waals surface area contributed by atoms with Gasteiger partial charge in [0, 0.05) is 24.0 Å². The Hall–Kier alpha value is -2.83. The Bertz CT molecular complexity index is 649. The van der Waals surface area contributed by atoms with Crippen molar-refractivity contribution < 1.29 is 18.9 Å². The lowest BCUT2D eigenvalue weighted by atomic mass is 10.1. The summed E-state index contributed by atoms with van der Waals surface area (Å²) in [5.41, 5.74) is 0.283. The molecule has 2 heterocycles. The molecule has 7 nitrogen and oxygen atoms in total. The average Bonchev–Trinajstić information content (AvgIpc) is 2.85. The van der Waals surface area contributed by atoms with Crippen LogP contribution in [-0.2, 0) is 9.59 Å². The van der Waals surface area contributed by atoms with Gasteiger partial charge in [0.2, 0.25) is 5.78 Å². The van der Waals surface area contributed by atoms with Gasteiger partial charge in [0.05, 0.1) is 6.42 Å². The Labute approximate surface area is 114 Å². The van der Waals surface area contributed by atoms with Gasteiger partial charge in [-0.2, -0.15) is 0 Å². The summed E-state index contributed by atoms with van der Waals surface area (Å²) in [7, 11) is 0. The molecule has 20 heavy (non-hydrogen) atoms. The number of pyridine rings is 1. The van der Waals surface area contributed by atoms with E-state index in [0.717, 1.165) is 0 Å². The summed E-state index contributed by atoms with van der Waals surface area (Å²) in [6.07, 6.45) is 2.33. The van der Waals surface area contributed by atoms with E-state index in [4.69, 9.17) is 4.52 Å². The van der Waals surface area contributed by atoms with Gasteiger partial charge in [0.15, 0.2) is 11.6 Å². The normalized spacial score (nSPS) is 10.1. The standard InChI is InChI=1S/C13H11N3O4/c1-8-5-12(16-20-8)15-13(19)11(18)6-10(17)9-3-2-4-14-7-9/h2-5,7H,6H2,1H3,(H,15,16,19). The molecule has 1 N–H and O–H groups in total. The van der Waals surface area contributed by atoms with Crippen LogP contribution >= 0.6 is 0 Å². The molecule has 2 aromatic rings. The third kappa shape index (κ3) is 3.35. The second-order valence-electron chi connectivity index (χ2n) is 4.04. The monoisotopic (exact) mass is 273 g/mol. The zero-order valence-corrected chi connectivity index (χ0v) is 10.6. The number of nitrogens with zero attached hydrogens (tertiary/aromatic N) is 2. The Morgan fingerprint density at radius 2 is 2.15 bits per heavy atom. The minimum atomic E-state index is -0.907. The summed E-state index contributed by atoms with van der Waals surface area (Å²) in [6.45, 7) is 1.65. The van der Waals surface area contributed by atoms with Crippen molar-refractivity contribution >= 4 is 23.3 Å². The van der Waals surface area contributed by atoms with E-state index in [2.05, 4.69) is 15.5 Å². The number of rotatable bonds is 5. The minimum absolute atomic E-state index is 0.134. The average molecular weight is 273 g/mol. The van der Waals surface area contributed by atoms with E-state index in [9.17, 15) is 14.4 Å². The summed E-state index contributed by atoms with van der Waals surface area (Å²) >= 11 is 0. The minimum Gasteiger partial charge on any atom is -0.360 e. The molecule has 0 aliphatic heterocycles. The summed E-state index contributed by atoms with van der Waals surface area (Å²) in [4.78, 5) is 38.7. The van der Waals surface area contributed by atoms with Crippen LogP contribution in [0.25, 0.3) is 0 Å². The number of carbonyl (C=O) groups excluding carboxylic acids is 3. The fourth-order valence-corrected chi connectivity index (χ4v) is 1.47. The fraction of sp³-hybridized carbons (Fsp3) is 0.154. The highest BCUT2D eigenvalue weighted by Crippen LogP contribution is 2.08. The quantitative estimate of drug-likeness (QED) is 0.498. The van der Waals surface area contributed by atoms with Crippen molar-refractivity contribution in [1.29, 1.82) is 0 Å². The van der Waals surface area contributed by atoms with E-state index < -0.39 is 23.9 Å². The molecule has 0 saturated carbocycles. The molecule has 1 amide bonds. The van der Waals surface area contributed by atoms with Crippen LogP contribution in [0.3, 0.4) is 0 Å². The zero-order chi connectivity index (χ0) is 14.5. The number of hydrogen-bond acceptors (Lipinski definition) is 6. The number of anilines is 1. The van der Waals surface area contributed by atoms with Crippen molar-refractivity contribution in [2.24, 2.45) is 0 Å². The molecule has 0 bridgehead atoms. The van der Waals surface area contributed by atoms with Gasteiger partial charge in [-0.1, -0.05) is 5.16 Å². The van der Waals surface area contributed by atoms with Crippen LogP contribution in [0.1, 0.15) is 22.5 Å². The molecule has 2 aromatic heterocycles. The van der Waals surface area contributed by atoms with E-state index >= 15 is 0 Å². The summed E-state index contributed by atoms with van der Waals surface area (Å²) < 4.78 is 4.74. The Morgan fingerprint density at radius 1 is 1.35 bits per heavy atom. The van der Waals surface area contributed by atoms with Crippen molar-refractivity contribution in [1.82, 2.24) is 10.1 Å². The second-order valence-corrected chi connectivity index (χ2v) is 4.04. The summed E-state index contributed by atoms with van der Waals surface area (Å²) in [5, 5.41) is 5.78. The lowest BCUT2D eigenvalue weighted by Crippen LogP contribution is -2.25. The van der Waals surface area contributed by atoms with Crippen molar-refractivity contribution in [2.45, 2.75) is 13.3 Å². The van der Waals surface area contributed by atoms with Gasteiger partial charge < -0.3 is 9.84 Å². The summed E-state index contributed by atoms with van der Waals surface area (Å²) in [5.74, 6) is -1.58. The molecule has 0 fully saturated rings. The van der Waals surface area contributed by atoms with E-state index in [1.165, 1.54) is 24.5 Å². The smallest absolute Gasteiger partial charge is 0.293 e. The third-order valence-corrected chi connectivity index (χ3v) is 2.43. The van der Waals surface area contributed by atoms with Gasteiger partial charge >= 0.3 is 0 Å². The lowest BCUT2D eigenvalue weighted by molar-refractivity contribution is -0.134. The number of ketones is 2. The first-order valence-corrected chi connectivity index (χ1v) is 5.77. The molecule has 0 saturated heterocycles. The summed E-state index contributed by atoms with van der Waals surface area (Å²) in [6, 6.07) is 4.57. The number of aryl methyl sites for hydroxylation is 1. The second kappa shape index (κ2) is 5.87. The van der Waals surface area contributed by atoms with Crippen molar-refractivity contribution in [3.05, 3.63) is 41.9 Å². The van der Waals surface area contributed by atoms with Gasteiger partial charge in [0.1, 0.15) is 5.76 Å². The molecule has 102 valence electrons. The first-order valence-electron chi connectivity index (χ1n) is 5.77. The maximum absolute atomic E-state index is 11.7. The number of Topliss-reactive ketones (excluding diaryl/α,β-unsaturated/α-hetero) is 2. The molecule has 0 aromatic carbocycles. The van der Waals surface area contributed by atoms with Gasteiger partial charge in [-0.3, -0.25) is 19.4 Å². The topological polar surface area (TPSA) is 102 Å². The van der Waals surface area contributed by atoms with Crippen molar-refractivity contribution in [3.8, 4) is 0 Å². The van der Waals surface area contributed by atoms with Crippen molar-refractivity contribution in [3.63, 3.8) is 0 Å². The maximum Gasteiger partial charge on any atom is 0.293 e. The van der Waals surface area contributed by atoms with Crippen LogP contribution in [0.15, 0.2) is 35.1 Å². The number of amides is 1. The van der Waals surface area contributed by atoms with E-state index in [1.54, 1.807) is 13.0 Å². The van der Waals surface area contributed by atoms with Crippen LogP contribution in [0, 0.1) is 6.92 Å². The predicted octanol–water partition coefficient (Wildman–Crippen LogP) is 1.16. The molecular formula is C13H11N3O4. The Kier molecular flexibility index (Phi) is 3.99. The SMILES string of the molecule is Cc1cc(NC(=O)C(=O)CC(=O)c2cccnc2)no1. The predicted molar refractivity (Wildman–Crippen MR) is 68.1 cm³/mol. The highest BCUT2D eigenvalue weighted by Gasteiger charge is 2.20. The number of nitrogens with one attached hydrogen (secondary N) is 1. The molecule has 0 spiro atoms. The molecule has 2 rings (SSSR count). The fourth-order valence-electron chi connectivity index (χ4n) is 1.47. The van der Waals surface area contributed by atoms with Crippen LogP contribution in [0.5, 0.6) is 0 Å². The van der Waals surface area contributed by atoms with Crippen molar-refractivity contribution in [2.75, 3.05) is 5.32 Å². The first-order chi connectivity index (χ1) is 9.56. The van der Waals surface area contributed by atoms with E-state index in [0.29, 0.717) is 5.76 Å². The zero-order valence-electron chi connectivity index (χ0n) is 10.6. The first kappa shape index (κ1) is 13.6. The molecule has 0 aliphatic rings. The van der Waals surface area contributed by atoms with Crippen LogP contribution < -0.4 is 5.32 Å². The van der Waals surface area contributed by atoms with Crippen LogP contribution in [0.2, 0.25) is 0 Å². The van der Waals surface area contributed by atoms with Crippen LogP contribution in [0.4, 0.5) is 5.82 Å². The molecule has 0 radical (unpaired) electrons. The molecular weight excluding hydrogens is 262 g/mol.